The molecule has 2 rings (SSSR count). The maximum Gasteiger partial charge on any atom is 0.138 e. The Kier molecular flexibility index (Phi) is 4.32. The minimum absolute atomic E-state index is 0.142. The molecule has 0 bridgehead atoms. The Morgan fingerprint density at radius 1 is 1.35 bits per heavy atom. The molecule has 0 aliphatic carbocycles. The highest BCUT2D eigenvalue weighted by Crippen LogP contribution is 2.25. The standard InChI is InChI=1S/C15H20O2/c1-2-15-13(10-11-17-15)14(16)9-8-12-6-4-3-5-7-12/h3-7,13,15H,2,8-11H2,1H3. The Bertz CT molecular complexity index is 358. The third-order valence-electron chi connectivity index (χ3n) is 3.53. The summed E-state index contributed by atoms with van der Waals surface area (Å²) in [4.78, 5) is 12.1. The van der Waals surface area contributed by atoms with Crippen molar-refractivity contribution in [1.82, 2.24) is 0 Å². The van der Waals surface area contributed by atoms with E-state index in [1.807, 2.05) is 18.2 Å². The second kappa shape index (κ2) is 5.97. The third-order valence-corrected chi connectivity index (χ3v) is 3.53. The van der Waals surface area contributed by atoms with Crippen molar-refractivity contribution in [3.05, 3.63) is 35.9 Å². The molecule has 1 fully saturated rings. The molecule has 0 aromatic heterocycles. The van der Waals surface area contributed by atoms with Gasteiger partial charge in [0, 0.05) is 18.9 Å². The minimum atomic E-state index is 0.142. The number of aryl methyl sites for hydroxylation is 1. The molecule has 0 N–H and O–H groups in total. The lowest BCUT2D eigenvalue weighted by Crippen LogP contribution is -2.23. The van der Waals surface area contributed by atoms with Crippen molar-refractivity contribution in [3.8, 4) is 0 Å². The van der Waals surface area contributed by atoms with E-state index < -0.39 is 0 Å². The van der Waals surface area contributed by atoms with E-state index in [1.54, 1.807) is 0 Å². The lowest BCUT2D eigenvalue weighted by molar-refractivity contribution is -0.124. The van der Waals surface area contributed by atoms with Gasteiger partial charge in [0.2, 0.25) is 0 Å². The lowest BCUT2D eigenvalue weighted by atomic mass is 9.91. The number of carbonyl (C=O) groups is 1. The first-order chi connectivity index (χ1) is 8.31. The highest BCUT2D eigenvalue weighted by Gasteiger charge is 2.31. The average Bonchev–Trinajstić information content (AvgIpc) is 2.85. The fraction of sp³-hybridized carbons (Fsp3) is 0.533. The van der Waals surface area contributed by atoms with E-state index in [2.05, 4.69) is 19.1 Å². The lowest BCUT2D eigenvalue weighted by Gasteiger charge is -2.15. The second-order valence-electron chi connectivity index (χ2n) is 4.66. The number of benzene rings is 1. The zero-order valence-electron chi connectivity index (χ0n) is 10.4. The molecular weight excluding hydrogens is 212 g/mol. The number of hydrogen-bond donors (Lipinski definition) is 0. The monoisotopic (exact) mass is 232 g/mol. The van der Waals surface area contributed by atoms with E-state index in [4.69, 9.17) is 4.74 Å². The molecule has 0 radical (unpaired) electrons. The first kappa shape index (κ1) is 12.3. The van der Waals surface area contributed by atoms with Gasteiger partial charge in [-0.15, -0.1) is 0 Å². The Balaban J connectivity index is 1.85. The van der Waals surface area contributed by atoms with Crippen molar-refractivity contribution in [1.29, 1.82) is 0 Å². The van der Waals surface area contributed by atoms with Crippen LogP contribution >= 0.6 is 0 Å². The molecular formula is C15H20O2. The van der Waals surface area contributed by atoms with E-state index >= 15 is 0 Å². The number of Topliss-reactive ketones (excluding diaryl/α,β-unsaturated/α-hetero) is 1. The molecule has 1 aromatic rings. The highest BCUT2D eigenvalue weighted by molar-refractivity contribution is 5.82. The van der Waals surface area contributed by atoms with Gasteiger partial charge in [-0.1, -0.05) is 37.3 Å². The van der Waals surface area contributed by atoms with Gasteiger partial charge in [0.15, 0.2) is 0 Å². The van der Waals surface area contributed by atoms with Crippen LogP contribution in [0, 0.1) is 5.92 Å². The van der Waals surface area contributed by atoms with Crippen molar-refractivity contribution in [2.75, 3.05) is 6.61 Å². The predicted molar refractivity (Wildman–Crippen MR) is 67.9 cm³/mol. The summed E-state index contributed by atoms with van der Waals surface area (Å²) >= 11 is 0. The van der Waals surface area contributed by atoms with Crippen molar-refractivity contribution in [2.45, 2.75) is 38.7 Å². The van der Waals surface area contributed by atoms with Crippen LogP contribution in [0.1, 0.15) is 31.7 Å². The summed E-state index contributed by atoms with van der Waals surface area (Å²) in [6.07, 6.45) is 3.52. The first-order valence-corrected chi connectivity index (χ1v) is 6.49. The van der Waals surface area contributed by atoms with Gasteiger partial charge in [-0.25, -0.2) is 0 Å². The van der Waals surface area contributed by atoms with Crippen LogP contribution in [0.3, 0.4) is 0 Å². The van der Waals surface area contributed by atoms with Gasteiger partial charge in [-0.2, -0.15) is 0 Å². The smallest absolute Gasteiger partial charge is 0.138 e. The molecule has 2 unspecified atom stereocenters. The molecule has 1 saturated heterocycles. The summed E-state index contributed by atoms with van der Waals surface area (Å²) in [5, 5.41) is 0. The summed E-state index contributed by atoms with van der Waals surface area (Å²) < 4.78 is 5.57. The molecule has 92 valence electrons. The molecule has 0 saturated carbocycles. The molecule has 2 nitrogen and oxygen atoms in total. The van der Waals surface area contributed by atoms with E-state index in [9.17, 15) is 4.79 Å². The van der Waals surface area contributed by atoms with Crippen LogP contribution in [0.2, 0.25) is 0 Å². The van der Waals surface area contributed by atoms with Crippen LogP contribution in [-0.2, 0) is 16.0 Å². The Hall–Kier alpha value is -1.15. The van der Waals surface area contributed by atoms with Gasteiger partial charge in [0.25, 0.3) is 0 Å². The number of ether oxygens (including phenoxy) is 1. The fourth-order valence-electron chi connectivity index (χ4n) is 2.52. The molecule has 2 atom stereocenters. The zero-order valence-corrected chi connectivity index (χ0v) is 10.4. The minimum Gasteiger partial charge on any atom is -0.377 e. The van der Waals surface area contributed by atoms with Crippen molar-refractivity contribution in [2.24, 2.45) is 5.92 Å². The highest BCUT2D eigenvalue weighted by atomic mass is 16.5. The predicted octanol–water partition coefficient (Wildman–Crippen LogP) is 3.00. The van der Waals surface area contributed by atoms with E-state index in [0.29, 0.717) is 12.2 Å². The topological polar surface area (TPSA) is 26.3 Å². The second-order valence-corrected chi connectivity index (χ2v) is 4.66. The van der Waals surface area contributed by atoms with Crippen LogP contribution in [0.4, 0.5) is 0 Å². The molecule has 0 amide bonds. The molecule has 1 aliphatic heterocycles. The normalized spacial score (nSPS) is 23.8. The van der Waals surface area contributed by atoms with Crippen LogP contribution in [0.15, 0.2) is 30.3 Å². The molecule has 17 heavy (non-hydrogen) atoms. The van der Waals surface area contributed by atoms with Gasteiger partial charge in [-0.05, 0) is 24.8 Å². The van der Waals surface area contributed by atoms with Gasteiger partial charge < -0.3 is 4.74 Å². The Morgan fingerprint density at radius 3 is 2.82 bits per heavy atom. The third kappa shape index (κ3) is 3.16. The van der Waals surface area contributed by atoms with Gasteiger partial charge in [-0.3, -0.25) is 4.79 Å². The molecule has 1 aliphatic rings. The van der Waals surface area contributed by atoms with Crippen molar-refractivity contribution < 1.29 is 9.53 Å². The maximum absolute atomic E-state index is 12.1. The summed E-state index contributed by atoms with van der Waals surface area (Å²) in [6, 6.07) is 10.2. The quantitative estimate of drug-likeness (QED) is 0.780. The van der Waals surface area contributed by atoms with Gasteiger partial charge in [0.05, 0.1) is 6.10 Å². The van der Waals surface area contributed by atoms with E-state index in [0.717, 1.165) is 25.9 Å². The van der Waals surface area contributed by atoms with Gasteiger partial charge in [0.1, 0.15) is 5.78 Å². The average molecular weight is 232 g/mol. The zero-order chi connectivity index (χ0) is 12.1. The van der Waals surface area contributed by atoms with Crippen LogP contribution < -0.4 is 0 Å². The van der Waals surface area contributed by atoms with Gasteiger partial charge >= 0.3 is 0 Å². The Labute approximate surface area is 103 Å². The van der Waals surface area contributed by atoms with E-state index in [1.165, 1.54) is 5.56 Å². The first-order valence-electron chi connectivity index (χ1n) is 6.49. The van der Waals surface area contributed by atoms with Crippen LogP contribution in [0.5, 0.6) is 0 Å². The molecule has 1 aromatic carbocycles. The summed E-state index contributed by atoms with van der Waals surface area (Å²) in [5.74, 6) is 0.516. The molecule has 1 heterocycles. The van der Waals surface area contributed by atoms with E-state index in [-0.39, 0.29) is 12.0 Å². The largest absolute Gasteiger partial charge is 0.377 e. The number of carbonyl (C=O) groups excluding carboxylic acids is 1. The number of hydrogen-bond acceptors (Lipinski definition) is 2. The van der Waals surface area contributed by atoms with Crippen LogP contribution in [0.25, 0.3) is 0 Å². The molecule has 0 spiro atoms. The SMILES string of the molecule is CCC1OCCC1C(=O)CCc1ccccc1. The fourth-order valence-corrected chi connectivity index (χ4v) is 2.52. The Morgan fingerprint density at radius 2 is 2.12 bits per heavy atom. The molecule has 2 heteroatoms. The summed E-state index contributed by atoms with van der Waals surface area (Å²) in [7, 11) is 0. The maximum atomic E-state index is 12.1. The van der Waals surface area contributed by atoms with Crippen molar-refractivity contribution >= 4 is 5.78 Å². The number of rotatable bonds is 5. The summed E-state index contributed by atoms with van der Waals surface area (Å²) in [5.41, 5.74) is 1.24. The number of ketones is 1. The van der Waals surface area contributed by atoms with Crippen LogP contribution in [-0.4, -0.2) is 18.5 Å². The summed E-state index contributed by atoms with van der Waals surface area (Å²) in [6.45, 7) is 2.84. The van der Waals surface area contributed by atoms with Crippen molar-refractivity contribution in [3.63, 3.8) is 0 Å².